The van der Waals surface area contributed by atoms with Gasteiger partial charge in [0.2, 0.25) is 11.8 Å². The lowest BCUT2D eigenvalue weighted by Gasteiger charge is -1.99. The third-order valence-corrected chi connectivity index (χ3v) is 4.09. The van der Waals surface area contributed by atoms with Crippen LogP contribution in [0, 0.1) is 3.57 Å². The molecular weight excluding hydrogens is 353 g/mol. The second kappa shape index (κ2) is 6.00. The summed E-state index contributed by atoms with van der Waals surface area (Å²) in [4.78, 5) is 0. The van der Waals surface area contributed by atoms with Crippen molar-refractivity contribution >= 4 is 22.6 Å². The summed E-state index contributed by atoms with van der Waals surface area (Å²) >= 11 is 2.28. The minimum atomic E-state index is 0.621. The fourth-order valence-electron chi connectivity index (χ4n) is 1.93. The molecule has 1 heterocycles. The number of aromatic nitrogens is 2. The van der Waals surface area contributed by atoms with Gasteiger partial charge in [0.1, 0.15) is 0 Å². The van der Waals surface area contributed by atoms with E-state index in [1.165, 1.54) is 12.8 Å². The van der Waals surface area contributed by atoms with Crippen LogP contribution in [-0.4, -0.2) is 22.8 Å². The van der Waals surface area contributed by atoms with Crippen molar-refractivity contribution in [1.29, 1.82) is 0 Å². The van der Waals surface area contributed by atoms with Crippen LogP contribution in [0.15, 0.2) is 28.7 Å². The Morgan fingerprint density at radius 3 is 2.89 bits per heavy atom. The van der Waals surface area contributed by atoms with Crippen molar-refractivity contribution in [1.82, 2.24) is 15.5 Å². The van der Waals surface area contributed by atoms with E-state index in [1.54, 1.807) is 0 Å². The molecular formula is C14H16IN3O. The lowest BCUT2D eigenvalue weighted by atomic mass is 10.2. The second-order valence-electron chi connectivity index (χ2n) is 4.81. The largest absolute Gasteiger partial charge is 0.421 e. The maximum absolute atomic E-state index is 5.72. The molecule has 0 saturated heterocycles. The van der Waals surface area contributed by atoms with Crippen LogP contribution < -0.4 is 5.32 Å². The highest BCUT2D eigenvalue weighted by atomic mass is 127. The first-order valence-corrected chi connectivity index (χ1v) is 7.71. The van der Waals surface area contributed by atoms with Crippen molar-refractivity contribution in [3.05, 3.63) is 33.7 Å². The summed E-state index contributed by atoms with van der Waals surface area (Å²) in [6.45, 7) is 1.03. The Bertz CT molecular complexity index is 551. The molecule has 0 spiro atoms. The Morgan fingerprint density at radius 2 is 2.11 bits per heavy atom. The molecule has 1 saturated carbocycles. The van der Waals surface area contributed by atoms with Gasteiger partial charge in [0.15, 0.2) is 0 Å². The first-order valence-electron chi connectivity index (χ1n) is 6.63. The van der Waals surface area contributed by atoms with Crippen molar-refractivity contribution in [3.63, 3.8) is 0 Å². The molecule has 0 atom stereocenters. The van der Waals surface area contributed by atoms with Gasteiger partial charge < -0.3 is 9.73 Å². The molecule has 1 aromatic heterocycles. The Balaban J connectivity index is 1.57. The summed E-state index contributed by atoms with van der Waals surface area (Å²) in [6, 6.07) is 8.81. The van der Waals surface area contributed by atoms with Crippen LogP contribution in [0.2, 0.25) is 0 Å². The molecule has 19 heavy (non-hydrogen) atoms. The average molecular weight is 369 g/mol. The average Bonchev–Trinajstić information content (AvgIpc) is 3.13. The van der Waals surface area contributed by atoms with Gasteiger partial charge in [-0.05, 0) is 60.5 Å². The van der Waals surface area contributed by atoms with E-state index in [1.807, 2.05) is 24.3 Å². The minimum absolute atomic E-state index is 0.621. The maximum atomic E-state index is 5.72. The van der Waals surface area contributed by atoms with Crippen LogP contribution in [-0.2, 0) is 6.42 Å². The van der Waals surface area contributed by atoms with E-state index in [-0.39, 0.29) is 0 Å². The number of nitrogens with zero attached hydrogens (tertiary/aromatic N) is 2. The van der Waals surface area contributed by atoms with Crippen LogP contribution in [0.3, 0.4) is 0 Å². The van der Waals surface area contributed by atoms with Gasteiger partial charge in [-0.25, -0.2) is 0 Å². The van der Waals surface area contributed by atoms with Crippen molar-refractivity contribution in [2.45, 2.75) is 31.7 Å². The molecule has 1 aromatic carbocycles. The molecule has 1 aliphatic rings. The van der Waals surface area contributed by atoms with Crippen molar-refractivity contribution in [2.75, 3.05) is 6.54 Å². The number of halogens is 1. The Morgan fingerprint density at radius 1 is 1.26 bits per heavy atom. The fourth-order valence-corrected chi connectivity index (χ4v) is 2.55. The summed E-state index contributed by atoms with van der Waals surface area (Å²) in [5.74, 6) is 1.35. The molecule has 100 valence electrons. The van der Waals surface area contributed by atoms with Gasteiger partial charge in [-0.3, -0.25) is 0 Å². The van der Waals surface area contributed by atoms with Gasteiger partial charge in [-0.15, -0.1) is 10.2 Å². The molecule has 1 fully saturated rings. The molecule has 0 bridgehead atoms. The first-order chi connectivity index (χ1) is 9.33. The van der Waals surface area contributed by atoms with Gasteiger partial charge in [-0.2, -0.15) is 0 Å². The highest BCUT2D eigenvalue weighted by Crippen LogP contribution is 2.24. The van der Waals surface area contributed by atoms with Gasteiger partial charge in [0.25, 0.3) is 0 Å². The molecule has 3 rings (SSSR count). The van der Waals surface area contributed by atoms with Crippen LogP contribution in [0.4, 0.5) is 0 Å². The zero-order valence-electron chi connectivity index (χ0n) is 10.6. The van der Waals surface area contributed by atoms with Crippen LogP contribution in [0.25, 0.3) is 11.5 Å². The smallest absolute Gasteiger partial charge is 0.248 e. The van der Waals surface area contributed by atoms with E-state index < -0.39 is 0 Å². The maximum Gasteiger partial charge on any atom is 0.248 e. The van der Waals surface area contributed by atoms with Crippen LogP contribution in [0.5, 0.6) is 0 Å². The highest BCUT2D eigenvalue weighted by Gasteiger charge is 2.19. The quantitative estimate of drug-likeness (QED) is 0.628. The monoisotopic (exact) mass is 369 g/mol. The van der Waals surface area contributed by atoms with Gasteiger partial charge in [0.05, 0.1) is 5.56 Å². The summed E-state index contributed by atoms with van der Waals surface area (Å²) in [6.07, 6.45) is 4.55. The normalized spacial score (nSPS) is 14.8. The molecule has 1 N–H and O–H groups in total. The molecule has 2 aromatic rings. The summed E-state index contributed by atoms with van der Waals surface area (Å²) in [5, 5.41) is 11.7. The number of aryl methyl sites for hydroxylation is 1. The number of hydrogen-bond acceptors (Lipinski definition) is 4. The van der Waals surface area contributed by atoms with E-state index in [4.69, 9.17) is 4.42 Å². The van der Waals surface area contributed by atoms with E-state index >= 15 is 0 Å². The standard InChI is InChI=1S/C14H16IN3O/c15-12-5-2-1-4-11(12)14-18-17-13(19-14)6-3-9-16-10-7-8-10/h1-2,4-5,10,16H,3,6-9H2. The molecule has 4 nitrogen and oxygen atoms in total. The number of benzene rings is 1. The highest BCUT2D eigenvalue weighted by molar-refractivity contribution is 14.1. The topological polar surface area (TPSA) is 51.0 Å². The molecule has 0 radical (unpaired) electrons. The van der Waals surface area contributed by atoms with E-state index in [0.29, 0.717) is 5.89 Å². The van der Waals surface area contributed by atoms with Crippen molar-refractivity contribution in [3.8, 4) is 11.5 Å². The minimum Gasteiger partial charge on any atom is -0.421 e. The number of nitrogens with one attached hydrogen (secondary N) is 1. The van der Waals surface area contributed by atoms with E-state index in [2.05, 4.69) is 38.1 Å². The predicted molar refractivity (Wildman–Crippen MR) is 81.8 cm³/mol. The van der Waals surface area contributed by atoms with Gasteiger partial charge in [-0.1, -0.05) is 12.1 Å². The van der Waals surface area contributed by atoms with Gasteiger partial charge in [0, 0.05) is 16.0 Å². The SMILES string of the molecule is Ic1ccccc1-c1nnc(CCCNC2CC2)o1. The lowest BCUT2D eigenvalue weighted by molar-refractivity contribution is 0.490. The Hall–Kier alpha value is -0.950. The first kappa shape index (κ1) is 13.1. The van der Waals surface area contributed by atoms with Gasteiger partial charge >= 0.3 is 0 Å². The molecule has 5 heteroatoms. The second-order valence-corrected chi connectivity index (χ2v) is 5.97. The molecule has 0 amide bonds. The molecule has 0 aliphatic heterocycles. The molecule has 0 unspecified atom stereocenters. The summed E-state index contributed by atoms with van der Waals surface area (Å²) < 4.78 is 6.85. The molecule has 1 aliphatic carbocycles. The predicted octanol–water partition coefficient (Wildman–Crippen LogP) is 3.03. The summed E-state index contributed by atoms with van der Waals surface area (Å²) in [5.41, 5.74) is 1.01. The zero-order valence-corrected chi connectivity index (χ0v) is 12.8. The third kappa shape index (κ3) is 3.54. The number of rotatable bonds is 6. The van der Waals surface area contributed by atoms with Crippen molar-refractivity contribution < 1.29 is 4.42 Å². The van der Waals surface area contributed by atoms with Crippen LogP contribution in [0.1, 0.15) is 25.2 Å². The Labute approximate surface area is 126 Å². The van der Waals surface area contributed by atoms with Crippen LogP contribution >= 0.6 is 22.6 Å². The zero-order chi connectivity index (χ0) is 13.1. The van der Waals surface area contributed by atoms with Crippen molar-refractivity contribution in [2.24, 2.45) is 0 Å². The summed E-state index contributed by atoms with van der Waals surface area (Å²) in [7, 11) is 0. The van der Waals surface area contributed by atoms with E-state index in [9.17, 15) is 0 Å². The van der Waals surface area contributed by atoms with E-state index in [0.717, 1.165) is 40.5 Å². The third-order valence-electron chi connectivity index (χ3n) is 3.15. The fraction of sp³-hybridized carbons (Fsp3) is 0.429. The Kier molecular flexibility index (Phi) is 4.12. The number of hydrogen-bond donors (Lipinski definition) is 1. The lowest BCUT2D eigenvalue weighted by Crippen LogP contribution is -2.17.